The second kappa shape index (κ2) is 8.91. The molecule has 1 aliphatic rings. The highest BCUT2D eigenvalue weighted by atomic mass is 16.5. The molecule has 0 aliphatic carbocycles. The first-order valence-electron chi connectivity index (χ1n) is 10.2. The van der Waals surface area contributed by atoms with E-state index in [9.17, 15) is 4.79 Å². The van der Waals surface area contributed by atoms with Crippen LogP contribution < -0.4 is 4.74 Å². The van der Waals surface area contributed by atoms with Crippen molar-refractivity contribution in [3.05, 3.63) is 95.3 Å². The van der Waals surface area contributed by atoms with Crippen molar-refractivity contribution in [3.8, 4) is 5.75 Å². The highest BCUT2D eigenvalue weighted by Gasteiger charge is 2.26. The molecule has 0 radical (unpaired) electrons. The second-order valence-corrected chi connectivity index (χ2v) is 7.54. The zero-order valence-electron chi connectivity index (χ0n) is 16.8. The number of benzene rings is 2. The van der Waals surface area contributed by atoms with Gasteiger partial charge in [-0.25, -0.2) is 0 Å². The van der Waals surface area contributed by atoms with Gasteiger partial charge < -0.3 is 9.64 Å². The molecule has 1 unspecified atom stereocenters. The fraction of sp³-hybridized carbons (Fsp3) is 0.280. The Hall–Kier alpha value is -3.14. The standard InChI is InChI=1S/C25H26N2O2/c1-29-23-13-5-8-19(17-23)16-22-12-6-14-24(26-22)21-11-7-15-27(18-21)25(28)20-9-3-2-4-10-20/h2-6,8-10,12-14,17,21H,7,11,15-16,18H2,1H3. The quantitative estimate of drug-likeness (QED) is 0.638. The van der Waals surface area contributed by atoms with Crippen LogP contribution in [0.1, 0.15) is 46.1 Å². The maximum atomic E-state index is 12.8. The first kappa shape index (κ1) is 19.2. The van der Waals surface area contributed by atoms with Crippen molar-refractivity contribution >= 4 is 5.91 Å². The van der Waals surface area contributed by atoms with E-state index >= 15 is 0 Å². The maximum Gasteiger partial charge on any atom is 0.253 e. The lowest BCUT2D eigenvalue weighted by Gasteiger charge is -2.32. The summed E-state index contributed by atoms with van der Waals surface area (Å²) in [6.07, 6.45) is 2.84. The van der Waals surface area contributed by atoms with Gasteiger partial charge in [0.05, 0.1) is 7.11 Å². The van der Waals surface area contributed by atoms with Crippen LogP contribution in [0.3, 0.4) is 0 Å². The number of aromatic nitrogens is 1. The molecule has 148 valence electrons. The monoisotopic (exact) mass is 386 g/mol. The molecular formula is C25H26N2O2. The molecule has 1 atom stereocenters. The predicted octanol–water partition coefficient (Wildman–Crippen LogP) is 4.70. The topological polar surface area (TPSA) is 42.4 Å². The van der Waals surface area contributed by atoms with Gasteiger partial charge in [-0.2, -0.15) is 0 Å². The van der Waals surface area contributed by atoms with Gasteiger partial charge in [0.2, 0.25) is 0 Å². The van der Waals surface area contributed by atoms with E-state index in [1.54, 1.807) is 7.11 Å². The lowest BCUT2D eigenvalue weighted by molar-refractivity contribution is 0.0706. The molecule has 0 N–H and O–H groups in total. The van der Waals surface area contributed by atoms with Crippen molar-refractivity contribution in [2.75, 3.05) is 20.2 Å². The van der Waals surface area contributed by atoms with Crippen LogP contribution in [-0.4, -0.2) is 36.0 Å². The van der Waals surface area contributed by atoms with E-state index in [0.29, 0.717) is 0 Å². The molecule has 4 heteroatoms. The number of hydrogen-bond acceptors (Lipinski definition) is 3. The van der Waals surface area contributed by atoms with Gasteiger partial charge in [0.15, 0.2) is 0 Å². The van der Waals surface area contributed by atoms with E-state index in [1.165, 1.54) is 5.56 Å². The number of pyridine rings is 1. The molecule has 1 amide bonds. The van der Waals surface area contributed by atoms with Crippen molar-refractivity contribution in [1.29, 1.82) is 0 Å². The minimum atomic E-state index is 0.114. The minimum absolute atomic E-state index is 0.114. The van der Waals surface area contributed by atoms with E-state index in [2.05, 4.69) is 30.3 Å². The number of nitrogens with zero attached hydrogens (tertiary/aromatic N) is 2. The summed E-state index contributed by atoms with van der Waals surface area (Å²) in [5.74, 6) is 1.26. The van der Waals surface area contributed by atoms with Gasteiger partial charge in [-0.15, -0.1) is 0 Å². The van der Waals surface area contributed by atoms with E-state index in [4.69, 9.17) is 9.72 Å². The van der Waals surface area contributed by atoms with Gasteiger partial charge in [-0.05, 0) is 54.8 Å². The fourth-order valence-corrected chi connectivity index (χ4v) is 3.98. The van der Waals surface area contributed by atoms with Gasteiger partial charge >= 0.3 is 0 Å². The average Bonchev–Trinajstić information content (AvgIpc) is 2.79. The van der Waals surface area contributed by atoms with Crippen LogP contribution in [-0.2, 0) is 6.42 Å². The Labute approximate surface area is 172 Å². The van der Waals surface area contributed by atoms with E-state index in [0.717, 1.165) is 55.1 Å². The molecule has 0 saturated carbocycles. The largest absolute Gasteiger partial charge is 0.497 e. The third-order valence-corrected chi connectivity index (χ3v) is 5.50. The number of likely N-dealkylation sites (tertiary alicyclic amines) is 1. The molecule has 2 heterocycles. The lowest BCUT2D eigenvalue weighted by atomic mass is 9.93. The van der Waals surface area contributed by atoms with Crippen molar-refractivity contribution < 1.29 is 9.53 Å². The molecule has 3 aromatic rings. The van der Waals surface area contributed by atoms with Crippen LogP contribution in [0.15, 0.2) is 72.8 Å². The van der Waals surface area contributed by atoms with Crippen LogP contribution >= 0.6 is 0 Å². The van der Waals surface area contributed by atoms with E-state index in [-0.39, 0.29) is 11.8 Å². The number of carbonyl (C=O) groups excluding carboxylic acids is 1. The Morgan fingerprint density at radius 1 is 1.07 bits per heavy atom. The first-order valence-corrected chi connectivity index (χ1v) is 10.2. The third-order valence-electron chi connectivity index (χ3n) is 5.50. The molecule has 2 aromatic carbocycles. The smallest absolute Gasteiger partial charge is 0.253 e. The second-order valence-electron chi connectivity index (χ2n) is 7.54. The van der Waals surface area contributed by atoms with Crippen molar-refractivity contribution in [3.63, 3.8) is 0 Å². The Morgan fingerprint density at radius 2 is 1.90 bits per heavy atom. The van der Waals surface area contributed by atoms with Crippen LogP contribution in [0.4, 0.5) is 0 Å². The summed E-state index contributed by atoms with van der Waals surface area (Å²) in [5, 5.41) is 0. The molecule has 1 fully saturated rings. The van der Waals surface area contributed by atoms with Crippen molar-refractivity contribution in [2.24, 2.45) is 0 Å². The summed E-state index contributed by atoms with van der Waals surface area (Å²) < 4.78 is 5.32. The van der Waals surface area contributed by atoms with Crippen molar-refractivity contribution in [1.82, 2.24) is 9.88 Å². The average molecular weight is 386 g/mol. The summed E-state index contributed by atoms with van der Waals surface area (Å²) in [5.41, 5.74) is 4.06. The SMILES string of the molecule is COc1cccc(Cc2cccc(C3CCCN(C(=O)c4ccccc4)C3)n2)c1. The van der Waals surface area contributed by atoms with Crippen LogP contribution in [0.5, 0.6) is 5.75 Å². The van der Waals surface area contributed by atoms with Gasteiger partial charge in [-0.3, -0.25) is 9.78 Å². The summed E-state index contributed by atoms with van der Waals surface area (Å²) in [4.78, 5) is 19.7. The molecule has 1 aromatic heterocycles. The predicted molar refractivity (Wildman–Crippen MR) is 114 cm³/mol. The van der Waals surface area contributed by atoms with E-state index < -0.39 is 0 Å². The normalized spacial score (nSPS) is 16.4. The number of piperidine rings is 1. The van der Waals surface area contributed by atoms with Crippen LogP contribution in [0.25, 0.3) is 0 Å². The molecule has 1 aliphatic heterocycles. The van der Waals surface area contributed by atoms with Crippen LogP contribution in [0, 0.1) is 0 Å². The molecule has 0 bridgehead atoms. The number of ether oxygens (including phenoxy) is 1. The first-order chi connectivity index (χ1) is 14.2. The molecule has 1 saturated heterocycles. The van der Waals surface area contributed by atoms with Gasteiger partial charge in [0.1, 0.15) is 5.75 Å². The van der Waals surface area contributed by atoms with Gasteiger partial charge in [-0.1, -0.05) is 36.4 Å². The number of hydrogen-bond donors (Lipinski definition) is 0. The number of carbonyl (C=O) groups is 1. The summed E-state index contributed by atoms with van der Waals surface area (Å²) in [6.45, 7) is 1.54. The zero-order chi connectivity index (χ0) is 20.1. The Morgan fingerprint density at radius 3 is 2.72 bits per heavy atom. The lowest BCUT2D eigenvalue weighted by Crippen LogP contribution is -2.39. The molecule has 4 nitrogen and oxygen atoms in total. The molecule has 4 rings (SSSR count). The maximum absolute atomic E-state index is 12.8. The summed E-state index contributed by atoms with van der Waals surface area (Å²) >= 11 is 0. The van der Waals surface area contributed by atoms with Gasteiger partial charge in [0.25, 0.3) is 5.91 Å². The zero-order valence-corrected chi connectivity index (χ0v) is 16.8. The highest BCUT2D eigenvalue weighted by molar-refractivity contribution is 5.94. The number of rotatable bonds is 5. The third kappa shape index (κ3) is 4.65. The summed E-state index contributed by atoms with van der Waals surface area (Å²) in [6, 6.07) is 23.9. The molecule has 29 heavy (non-hydrogen) atoms. The molecule has 0 spiro atoms. The number of amides is 1. The van der Waals surface area contributed by atoms with Crippen molar-refractivity contribution in [2.45, 2.75) is 25.2 Å². The summed E-state index contributed by atoms with van der Waals surface area (Å²) in [7, 11) is 1.68. The number of methoxy groups -OCH3 is 1. The van der Waals surface area contributed by atoms with Crippen LogP contribution in [0.2, 0.25) is 0 Å². The Balaban J connectivity index is 1.48. The fourth-order valence-electron chi connectivity index (χ4n) is 3.98. The Kier molecular flexibility index (Phi) is 5.89. The highest BCUT2D eigenvalue weighted by Crippen LogP contribution is 2.27. The van der Waals surface area contributed by atoms with E-state index in [1.807, 2.05) is 47.4 Å². The molecular weight excluding hydrogens is 360 g/mol. The Bertz CT molecular complexity index is 971. The van der Waals surface area contributed by atoms with Gasteiger partial charge in [0, 0.05) is 42.4 Å². The minimum Gasteiger partial charge on any atom is -0.497 e.